The van der Waals surface area contributed by atoms with Crippen LogP contribution in [0.5, 0.6) is 0 Å². The Hall–Kier alpha value is -0.930. The average Bonchev–Trinajstić information content (AvgIpc) is 2.30. The van der Waals surface area contributed by atoms with Crippen LogP contribution in [0.4, 0.5) is 0 Å². The number of allylic oxidation sites excluding steroid dienone is 2. The van der Waals surface area contributed by atoms with Crippen molar-refractivity contribution in [2.45, 2.75) is 37.0 Å². The Bertz CT molecular complexity index is 420. The van der Waals surface area contributed by atoms with Crippen LogP contribution in [0.1, 0.15) is 37.7 Å². The highest BCUT2D eigenvalue weighted by Crippen LogP contribution is 2.31. The summed E-state index contributed by atoms with van der Waals surface area (Å²) in [5.41, 5.74) is 2.71. The van der Waals surface area contributed by atoms with Gasteiger partial charge in [-0.15, -0.1) is 0 Å². The van der Waals surface area contributed by atoms with E-state index in [0.717, 1.165) is 12.8 Å². The van der Waals surface area contributed by atoms with Gasteiger partial charge in [-0.25, -0.2) is 0 Å². The molecular weight excluding hydrogens is 220 g/mol. The van der Waals surface area contributed by atoms with Crippen LogP contribution in [0.25, 0.3) is 0 Å². The third kappa shape index (κ3) is 2.60. The van der Waals surface area contributed by atoms with Gasteiger partial charge in [-0.2, -0.15) is 0 Å². The van der Waals surface area contributed by atoms with Gasteiger partial charge in [-0.05, 0) is 60.9 Å². The first-order chi connectivity index (χ1) is 7.66. The van der Waals surface area contributed by atoms with Crippen molar-refractivity contribution in [1.82, 2.24) is 0 Å². The molecule has 0 aliphatic heterocycles. The van der Waals surface area contributed by atoms with Gasteiger partial charge in [0.1, 0.15) is 0 Å². The highest BCUT2D eigenvalue weighted by atomic mass is 32.2. The van der Waals surface area contributed by atoms with Crippen LogP contribution in [0.3, 0.4) is 0 Å². The van der Waals surface area contributed by atoms with Crippen molar-refractivity contribution in [3.05, 3.63) is 41.5 Å². The molecule has 0 radical (unpaired) electrons. The van der Waals surface area contributed by atoms with Gasteiger partial charge in [0.15, 0.2) is 0 Å². The second-order valence-electron chi connectivity index (χ2n) is 4.33. The van der Waals surface area contributed by atoms with Crippen molar-refractivity contribution in [1.29, 1.82) is 0 Å². The third-order valence-electron chi connectivity index (χ3n) is 3.18. The first kappa shape index (κ1) is 11.6. The van der Waals surface area contributed by atoms with Crippen LogP contribution in [0.15, 0.2) is 40.8 Å². The van der Waals surface area contributed by atoms with E-state index < -0.39 is 11.1 Å². The molecule has 0 saturated carbocycles. The lowest BCUT2D eigenvalue weighted by Crippen LogP contribution is -2.03. The summed E-state index contributed by atoms with van der Waals surface area (Å²) in [5, 5.41) is 0. The third-order valence-corrected chi connectivity index (χ3v) is 3.84. The molecule has 0 amide bonds. The van der Waals surface area contributed by atoms with Crippen LogP contribution in [-0.4, -0.2) is 8.76 Å². The van der Waals surface area contributed by atoms with E-state index in [-0.39, 0.29) is 0 Å². The van der Waals surface area contributed by atoms with Crippen LogP contribution in [-0.2, 0) is 11.1 Å². The van der Waals surface area contributed by atoms with Gasteiger partial charge < -0.3 is 4.55 Å². The first-order valence-electron chi connectivity index (χ1n) is 5.51. The summed E-state index contributed by atoms with van der Waals surface area (Å²) in [6.45, 7) is 2.17. The van der Waals surface area contributed by atoms with E-state index in [1.165, 1.54) is 17.6 Å². The SMILES string of the molecule is CC1=CCC(c2ccc(S(=O)[O-])cc2)CC1. The molecule has 0 fully saturated rings. The molecule has 0 N–H and O–H groups in total. The monoisotopic (exact) mass is 235 g/mol. The molecule has 1 aliphatic carbocycles. The van der Waals surface area contributed by atoms with Crippen LogP contribution >= 0.6 is 0 Å². The van der Waals surface area contributed by atoms with Gasteiger partial charge >= 0.3 is 0 Å². The fourth-order valence-corrected chi connectivity index (χ4v) is 2.48. The normalized spacial score (nSPS) is 22.6. The van der Waals surface area contributed by atoms with Crippen LogP contribution in [0.2, 0.25) is 0 Å². The fourth-order valence-electron chi connectivity index (χ4n) is 2.12. The minimum Gasteiger partial charge on any atom is -0.768 e. The summed E-state index contributed by atoms with van der Waals surface area (Å²) in [6, 6.07) is 7.24. The highest BCUT2D eigenvalue weighted by molar-refractivity contribution is 7.79. The molecule has 16 heavy (non-hydrogen) atoms. The molecule has 3 heteroatoms. The Morgan fingerprint density at radius 3 is 2.50 bits per heavy atom. The quantitative estimate of drug-likeness (QED) is 0.583. The summed E-state index contributed by atoms with van der Waals surface area (Å²) in [4.78, 5) is 0.367. The molecule has 0 bridgehead atoms. The predicted octanol–water partition coefficient (Wildman–Crippen LogP) is 3.14. The smallest absolute Gasteiger partial charge is 0.0248 e. The van der Waals surface area contributed by atoms with Gasteiger partial charge in [0.05, 0.1) is 0 Å². The molecule has 1 aromatic carbocycles. The predicted molar refractivity (Wildman–Crippen MR) is 64.0 cm³/mol. The largest absolute Gasteiger partial charge is 0.768 e. The van der Waals surface area contributed by atoms with E-state index in [0.29, 0.717) is 10.8 Å². The average molecular weight is 235 g/mol. The van der Waals surface area contributed by atoms with Crippen LogP contribution < -0.4 is 0 Å². The van der Waals surface area contributed by atoms with Gasteiger partial charge in [0.25, 0.3) is 0 Å². The van der Waals surface area contributed by atoms with Crippen LogP contribution in [0, 0.1) is 0 Å². The summed E-state index contributed by atoms with van der Waals surface area (Å²) in [5.74, 6) is 0.554. The van der Waals surface area contributed by atoms with Gasteiger partial charge in [0.2, 0.25) is 0 Å². The number of benzene rings is 1. The molecule has 0 saturated heterocycles. The zero-order valence-corrected chi connectivity index (χ0v) is 10.1. The van der Waals surface area contributed by atoms with Gasteiger partial charge in [0, 0.05) is 4.90 Å². The standard InChI is InChI=1S/C13H16O2S/c1-10-2-4-11(5-3-10)12-6-8-13(9-7-12)16(14)15/h2,6-9,11H,3-5H2,1H3,(H,14,15)/p-1. The number of hydrogen-bond donors (Lipinski definition) is 0. The fraction of sp³-hybridized carbons (Fsp3) is 0.385. The van der Waals surface area contributed by atoms with E-state index in [4.69, 9.17) is 0 Å². The molecule has 2 nitrogen and oxygen atoms in total. The van der Waals surface area contributed by atoms with Crippen molar-refractivity contribution < 1.29 is 8.76 Å². The molecule has 0 heterocycles. The van der Waals surface area contributed by atoms with E-state index >= 15 is 0 Å². The van der Waals surface area contributed by atoms with E-state index in [1.807, 2.05) is 12.1 Å². The lowest BCUT2D eigenvalue weighted by atomic mass is 9.85. The van der Waals surface area contributed by atoms with Crippen molar-refractivity contribution in [2.24, 2.45) is 0 Å². The van der Waals surface area contributed by atoms with Crippen molar-refractivity contribution in [3.8, 4) is 0 Å². The highest BCUT2D eigenvalue weighted by Gasteiger charge is 2.14. The van der Waals surface area contributed by atoms with Gasteiger partial charge in [-0.3, -0.25) is 4.21 Å². The molecular formula is C13H15O2S-. The topological polar surface area (TPSA) is 40.1 Å². The maximum Gasteiger partial charge on any atom is 0.0248 e. The molecule has 2 rings (SSSR count). The summed E-state index contributed by atoms with van der Waals surface area (Å²) >= 11 is -2.11. The van der Waals surface area contributed by atoms with E-state index in [2.05, 4.69) is 13.0 Å². The first-order valence-corrected chi connectivity index (χ1v) is 6.59. The lowest BCUT2D eigenvalue weighted by Gasteiger charge is -2.21. The Kier molecular flexibility index (Phi) is 3.56. The molecule has 86 valence electrons. The maximum atomic E-state index is 10.7. The van der Waals surface area contributed by atoms with Gasteiger partial charge in [-0.1, -0.05) is 23.8 Å². The molecule has 1 aromatic rings. The lowest BCUT2D eigenvalue weighted by molar-refractivity contribution is 0.537. The zero-order chi connectivity index (χ0) is 11.5. The Morgan fingerprint density at radius 2 is 2.00 bits per heavy atom. The molecule has 0 spiro atoms. The zero-order valence-electron chi connectivity index (χ0n) is 9.31. The second kappa shape index (κ2) is 4.93. The minimum absolute atomic E-state index is 0.367. The summed E-state index contributed by atoms with van der Waals surface area (Å²) in [6.07, 6.45) is 5.68. The van der Waals surface area contributed by atoms with Crippen molar-refractivity contribution >= 4 is 11.1 Å². The molecule has 1 aliphatic rings. The minimum atomic E-state index is -2.11. The van der Waals surface area contributed by atoms with Crippen molar-refractivity contribution in [2.75, 3.05) is 0 Å². The van der Waals surface area contributed by atoms with E-state index in [1.54, 1.807) is 12.1 Å². The molecule has 2 atom stereocenters. The second-order valence-corrected chi connectivity index (χ2v) is 5.27. The molecule has 0 aromatic heterocycles. The van der Waals surface area contributed by atoms with Crippen molar-refractivity contribution in [3.63, 3.8) is 0 Å². The Morgan fingerprint density at radius 1 is 1.31 bits per heavy atom. The Labute approximate surface area is 98.7 Å². The number of hydrogen-bond acceptors (Lipinski definition) is 2. The van der Waals surface area contributed by atoms with E-state index in [9.17, 15) is 8.76 Å². The summed E-state index contributed by atoms with van der Waals surface area (Å²) in [7, 11) is 0. The Balaban J connectivity index is 2.13. The number of rotatable bonds is 2. The molecule has 2 unspecified atom stereocenters. The maximum absolute atomic E-state index is 10.7. The summed E-state index contributed by atoms with van der Waals surface area (Å²) < 4.78 is 21.4.